The Morgan fingerprint density at radius 1 is 1.06 bits per heavy atom. The van der Waals surface area contributed by atoms with E-state index in [4.69, 9.17) is 0 Å². The molecular weight excluding hydrogens is 468 g/mol. The van der Waals surface area contributed by atoms with Gasteiger partial charge in [-0.3, -0.25) is 14.5 Å². The Hall–Kier alpha value is -1.52. The van der Waals surface area contributed by atoms with Crippen molar-refractivity contribution in [3.05, 3.63) is 0 Å². The lowest BCUT2D eigenvalue weighted by molar-refractivity contribution is -0.143. The van der Waals surface area contributed by atoms with Gasteiger partial charge < -0.3 is 9.80 Å². The van der Waals surface area contributed by atoms with Crippen LogP contribution in [0.5, 0.6) is 0 Å². The highest BCUT2D eigenvalue weighted by molar-refractivity contribution is 7.90. The van der Waals surface area contributed by atoms with Gasteiger partial charge in [0.25, 0.3) is 0 Å². The van der Waals surface area contributed by atoms with E-state index in [0.29, 0.717) is 18.9 Å². The number of hydrogen-bond acceptors (Lipinski definition) is 6. The highest BCUT2D eigenvalue weighted by Crippen LogP contribution is 2.40. The summed E-state index contributed by atoms with van der Waals surface area (Å²) in [7, 11) is -1.89. The van der Waals surface area contributed by atoms with Crippen LogP contribution in [0.25, 0.3) is 0 Å². The second-order valence-electron chi connectivity index (χ2n) is 11.3. The first-order chi connectivity index (χ1) is 16.5. The quantitative estimate of drug-likeness (QED) is 0.510. The Labute approximate surface area is 210 Å². The molecule has 10 heteroatoms. The van der Waals surface area contributed by atoms with E-state index < -0.39 is 27.2 Å². The molecule has 0 aromatic heterocycles. The number of Topliss-reactive ketones (excluding diaryl/α,β-unsaturated/α-hetero) is 1. The number of amides is 3. The molecular formula is C25H42N4O5S. The summed E-state index contributed by atoms with van der Waals surface area (Å²) in [4.78, 5) is 44.7. The number of carbonyl (C=O) groups excluding carboxylic acids is 3. The standard InChI is InChI=1S/C25H42N4O5S/c1-5-28(6-2)18-9-7-17(8-10-18)22(30)16-29-23(31)20-15-19(11-12-21(20)27(4)24(29)32)35(33,34)26-25(3)13-14-25/h17-21,26H,5-16H2,1-4H3. The van der Waals surface area contributed by atoms with Crippen molar-refractivity contribution in [2.24, 2.45) is 11.8 Å². The normalized spacial score (nSPS) is 33.1. The molecule has 3 saturated carbocycles. The minimum absolute atomic E-state index is 0.0557. The van der Waals surface area contributed by atoms with Gasteiger partial charge in [-0.05, 0) is 77.8 Å². The molecule has 4 fully saturated rings. The summed E-state index contributed by atoms with van der Waals surface area (Å²) in [6.07, 6.45) is 6.20. The van der Waals surface area contributed by atoms with Gasteiger partial charge in [0.2, 0.25) is 15.9 Å². The predicted molar refractivity (Wildman–Crippen MR) is 133 cm³/mol. The fraction of sp³-hybridized carbons (Fsp3) is 0.880. The van der Waals surface area contributed by atoms with Crippen LogP contribution in [0.3, 0.4) is 0 Å². The van der Waals surface area contributed by atoms with E-state index in [9.17, 15) is 22.8 Å². The maximum absolute atomic E-state index is 13.4. The lowest BCUT2D eigenvalue weighted by atomic mass is 9.80. The largest absolute Gasteiger partial charge is 0.327 e. The van der Waals surface area contributed by atoms with E-state index in [-0.39, 0.29) is 42.2 Å². The van der Waals surface area contributed by atoms with Gasteiger partial charge in [0.1, 0.15) is 0 Å². The van der Waals surface area contributed by atoms with Crippen LogP contribution in [0.4, 0.5) is 4.79 Å². The summed E-state index contributed by atoms with van der Waals surface area (Å²) < 4.78 is 28.8. The number of nitrogens with zero attached hydrogens (tertiary/aromatic N) is 3. The van der Waals surface area contributed by atoms with Gasteiger partial charge >= 0.3 is 6.03 Å². The molecule has 198 valence electrons. The van der Waals surface area contributed by atoms with Crippen LogP contribution >= 0.6 is 0 Å². The number of nitrogens with one attached hydrogen (secondary N) is 1. The molecule has 0 aromatic carbocycles. The van der Waals surface area contributed by atoms with E-state index >= 15 is 0 Å². The number of fused-ring (bicyclic) bond motifs is 1. The maximum atomic E-state index is 13.4. The van der Waals surface area contributed by atoms with Crippen molar-refractivity contribution >= 4 is 27.7 Å². The lowest BCUT2D eigenvalue weighted by Gasteiger charge is -2.46. The molecule has 1 N–H and O–H groups in total. The smallest absolute Gasteiger partial charge is 0.324 e. The molecule has 4 aliphatic rings. The number of urea groups is 1. The first kappa shape index (κ1) is 26.5. The summed E-state index contributed by atoms with van der Waals surface area (Å²) in [5, 5.41) is -0.653. The molecule has 1 saturated heterocycles. The first-order valence-electron chi connectivity index (χ1n) is 13.4. The molecule has 3 unspecified atom stereocenters. The van der Waals surface area contributed by atoms with Gasteiger partial charge in [-0.2, -0.15) is 0 Å². The number of sulfonamides is 1. The van der Waals surface area contributed by atoms with E-state index in [1.54, 1.807) is 11.9 Å². The first-order valence-corrected chi connectivity index (χ1v) is 14.9. The van der Waals surface area contributed by atoms with Crippen molar-refractivity contribution in [1.82, 2.24) is 19.4 Å². The van der Waals surface area contributed by atoms with Gasteiger partial charge in [0.05, 0.1) is 17.7 Å². The minimum atomic E-state index is -3.55. The molecule has 3 amide bonds. The van der Waals surface area contributed by atoms with E-state index in [0.717, 1.165) is 56.5 Å². The lowest BCUT2D eigenvalue weighted by Crippen LogP contribution is -2.63. The van der Waals surface area contributed by atoms with Gasteiger partial charge in [-0.25, -0.2) is 17.9 Å². The van der Waals surface area contributed by atoms with Crippen LogP contribution in [-0.2, 0) is 19.6 Å². The summed E-state index contributed by atoms with van der Waals surface area (Å²) in [6.45, 7) is 7.99. The topological polar surface area (TPSA) is 107 Å². The zero-order valence-electron chi connectivity index (χ0n) is 21.7. The predicted octanol–water partition coefficient (Wildman–Crippen LogP) is 2.36. The Morgan fingerprint density at radius 3 is 2.26 bits per heavy atom. The van der Waals surface area contributed by atoms with Crippen LogP contribution in [0.2, 0.25) is 0 Å². The molecule has 3 atom stereocenters. The number of ketones is 1. The van der Waals surface area contributed by atoms with Gasteiger partial charge in [0, 0.05) is 30.6 Å². The Balaban J connectivity index is 1.40. The molecule has 0 radical (unpaired) electrons. The Kier molecular flexibility index (Phi) is 7.65. The second kappa shape index (κ2) is 10.1. The number of carbonyl (C=O) groups is 3. The highest BCUT2D eigenvalue weighted by Gasteiger charge is 2.51. The Bertz CT molecular complexity index is 938. The maximum Gasteiger partial charge on any atom is 0.327 e. The van der Waals surface area contributed by atoms with Crippen LogP contribution in [0, 0.1) is 11.8 Å². The molecule has 1 heterocycles. The summed E-state index contributed by atoms with van der Waals surface area (Å²) in [5.74, 6) is -1.17. The molecule has 35 heavy (non-hydrogen) atoms. The fourth-order valence-corrected chi connectivity index (χ4v) is 8.37. The number of hydrogen-bond donors (Lipinski definition) is 1. The van der Waals surface area contributed by atoms with Gasteiger partial charge in [-0.15, -0.1) is 0 Å². The summed E-state index contributed by atoms with van der Waals surface area (Å²) >= 11 is 0. The van der Waals surface area contributed by atoms with Crippen LogP contribution in [-0.4, -0.2) is 90.4 Å². The minimum Gasteiger partial charge on any atom is -0.324 e. The number of imide groups is 1. The fourth-order valence-electron chi connectivity index (χ4n) is 6.40. The van der Waals surface area contributed by atoms with Gasteiger partial charge in [0.15, 0.2) is 5.78 Å². The van der Waals surface area contributed by atoms with Crippen molar-refractivity contribution in [2.75, 3.05) is 26.7 Å². The molecule has 9 nitrogen and oxygen atoms in total. The van der Waals surface area contributed by atoms with Crippen molar-refractivity contribution < 1.29 is 22.8 Å². The van der Waals surface area contributed by atoms with E-state index in [1.807, 2.05) is 6.92 Å². The molecule has 0 aromatic rings. The third-order valence-corrected chi connectivity index (χ3v) is 11.1. The van der Waals surface area contributed by atoms with Crippen molar-refractivity contribution in [2.45, 2.75) is 101 Å². The van der Waals surface area contributed by atoms with Crippen LogP contribution in [0.15, 0.2) is 0 Å². The average molecular weight is 511 g/mol. The monoisotopic (exact) mass is 510 g/mol. The zero-order chi connectivity index (χ0) is 25.5. The van der Waals surface area contributed by atoms with Crippen molar-refractivity contribution in [3.63, 3.8) is 0 Å². The molecule has 1 aliphatic heterocycles. The summed E-state index contributed by atoms with van der Waals surface area (Å²) in [5.41, 5.74) is -0.359. The van der Waals surface area contributed by atoms with E-state index in [1.165, 1.54) is 0 Å². The van der Waals surface area contributed by atoms with Crippen molar-refractivity contribution in [1.29, 1.82) is 0 Å². The van der Waals surface area contributed by atoms with E-state index in [2.05, 4.69) is 23.5 Å². The average Bonchev–Trinajstić information content (AvgIpc) is 3.56. The SMILES string of the molecule is CCN(CC)C1CCC(C(=O)CN2C(=O)C3CC(S(=O)(=O)NC4(C)CC4)CCC3N(C)C2=O)CC1. The van der Waals surface area contributed by atoms with Crippen LogP contribution in [0.1, 0.15) is 78.6 Å². The Morgan fingerprint density at radius 2 is 1.69 bits per heavy atom. The zero-order valence-corrected chi connectivity index (χ0v) is 22.5. The van der Waals surface area contributed by atoms with Gasteiger partial charge in [-0.1, -0.05) is 13.8 Å². The van der Waals surface area contributed by atoms with Crippen molar-refractivity contribution in [3.8, 4) is 0 Å². The third-order valence-electron chi connectivity index (χ3n) is 9.00. The second-order valence-corrected chi connectivity index (χ2v) is 13.3. The molecule has 4 rings (SSSR count). The third kappa shape index (κ3) is 5.44. The highest BCUT2D eigenvalue weighted by atomic mass is 32.2. The summed E-state index contributed by atoms with van der Waals surface area (Å²) in [6, 6.07) is -0.257. The number of rotatable bonds is 9. The molecule has 3 aliphatic carbocycles. The molecule has 0 bridgehead atoms. The van der Waals surface area contributed by atoms with Crippen LogP contribution < -0.4 is 4.72 Å². The molecule has 0 spiro atoms.